The summed E-state index contributed by atoms with van der Waals surface area (Å²) >= 11 is 1.77. The van der Waals surface area contributed by atoms with Gasteiger partial charge in [-0.15, -0.1) is 11.3 Å². The third kappa shape index (κ3) is 6.56. The normalized spacial score (nSPS) is 17.8. The van der Waals surface area contributed by atoms with Crippen LogP contribution in [0.15, 0.2) is 35.7 Å². The van der Waals surface area contributed by atoms with Crippen molar-refractivity contribution in [3.63, 3.8) is 0 Å². The van der Waals surface area contributed by atoms with Crippen LogP contribution < -0.4 is 4.74 Å². The van der Waals surface area contributed by atoms with Gasteiger partial charge < -0.3 is 14.7 Å². The van der Waals surface area contributed by atoms with Gasteiger partial charge in [-0.25, -0.2) is 0 Å². The molecule has 2 aromatic rings. The SMILES string of the molecule is CCC(C)CN(CC(=O)N1CCc2sccc2C1COc1cccc(C)c1)CC(O)CC. The molecule has 0 bridgehead atoms. The quantitative estimate of drug-likeness (QED) is 0.531. The summed E-state index contributed by atoms with van der Waals surface area (Å²) in [7, 11) is 0. The number of amides is 1. The monoisotopic (exact) mass is 458 g/mol. The van der Waals surface area contributed by atoms with E-state index in [1.807, 2.05) is 30.0 Å². The highest BCUT2D eigenvalue weighted by atomic mass is 32.1. The first-order chi connectivity index (χ1) is 15.4. The molecule has 0 spiro atoms. The van der Waals surface area contributed by atoms with Crippen LogP contribution in [0.5, 0.6) is 5.75 Å². The first kappa shape index (κ1) is 24.7. The van der Waals surface area contributed by atoms with Crippen LogP contribution in [0, 0.1) is 12.8 Å². The number of fused-ring (bicyclic) bond motifs is 1. The van der Waals surface area contributed by atoms with E-state index in [0.717, 1.165) is 30.7 Å². The zero-order chi connectivity index (χ0) is 23.1. The number of aliphatic hydroxyl groups excluding tert-OH is 1. The van der Waals surface area contributed by atoms with Crippen molar-refractivity contribution in [2.24, 2.45) is 5.92 Å². The molecule has 6 heteroatoms. The van der Waals surface area contributed by atoms with Crippen LogP contribution in [-0.4, -0.2) is 59.7 Å². The van der Waals surface area contributed by atoms with Crippen LogP contribution in [0.2, 0.25) is 0 Å². The molecule has 32 heavy (non-hydrogen) atoms. The lowest BCUT2D eigenvalue weighted by Gasteiger charge is -2.37. The molecule has 5 nitrogen and oxygen atoms in total. The maximum absolute atomic E-state index is 13.5. The van der Waals surface area contributed by atoms with Gasteiger partial charge in [0.25, 0.3) is 0 Å². The smallest absolute Gasteiger partial charge is 0.237 e. The second-order valence-corrected chi connectivity index (χ2v) is 10.0. The molecule has 3 atom stereocenters. The van der Waals surface area contributed by atoms with Crippen molar-refractivity contribution in [1.29, 1.82) is 0 Å². The Morgan fingerprint density at radius 1 is 1.28 bits per heavy atom. The number of nitrogens with zero attached hydrogens (tertiary/aromatic N) is 2. The summed E-state index contributed by atoms with van der Waals surface area (Å²) in [5.74, 6) is 1.44. The van der Waals surface area contributed by atoms with Gasteiger partial charge in [-0.2, -0.15) is 0 Å². The standard InChI is InChI=1S/C26H38N2O3S/c1-5-19(3)15-27(16-21(29)6-2)17-26(30)28-12-10-25-23(11-13-32-25)24(28)18-31-22-9-7-8-20(4)14-22/h7-9,11,13-14,19,21,24,29H,5-6,10,12,15-18H2,1-4H3. The summed E-state index contributed by atoms with van der Waals surface area (Å²) < 4.78 is 6.16. The minimum absolute atomic E-state index is 0.0837. The fraction of sp³-hybridized carbons (Fsp3) is 0.577. The summed E-state index contributed by atoms with van der Waals surface area (Å²) in [4.78, 5) is 19.0. The molecule has 0 saturated carbocycles. The van der Waals surface area contributed by atoms with E-state index >= 15 is 0 Å². The van der Waals surface area contributed by atoms with Gasteiger partial charge in [-0.05, 0) is 60.4 Å². The van der Waals surface area contributed by atoms with E-state index < -0.39 is 6.10 Å². The first-order valence-electron chi connectivity index (χ1n) is 11.9. The van der Waals surface area contributed by atoms with E-state index in [4.69, 9.17) is 4.74 Å². The maximum Gasteiger partial charge on any atom is 0.237 e. The third-order valence-electron chi connectivity index (χ3n) is 6.38. The molecule has 0 fully saturated rings. The Labute approximate surface area is 197 Å². The molecule has 1 aliphatic heterocycles. The van der Waals surface area contributed by atoms with Crippen LogP contribution in [0.4, 0.5) is 0 Å². The Balaban J connectivity index is 1.74. The van der Waals surface area contributed by atoms with Gasteiger partial charge in [-0.3, -0.25) is 9.69 Å². The van der Waals surface area contributed by atoms with E-state index in [1.54, 1.807) is 11.3 Å². The van der Waals surface area contributed by atoms with Crippen LogP contribution in [0.25, 0.3) is 0 Å². The second-order valence-electron chi connectivity index (χ2n) is 9.05. The number of carbonyl (C=O) groups is 1. The number of rotatable bonds is 11. The van der Waals surface area contributed by atoms with Gasteiger partial charge >= 0.3 is 0 Å². The Bertz CT molecular complexity index is 856. The fourth-order valence-electron chi connectivity index (χ4n) is 4.24. The first-order valence-corrected chi connectivity index (χ1v) is 12.7. The number of benzene rings is 1. The van der Waals surface area contributed by atoms with Crippen molar-refractivity contribution in [2.45, 2.75) is 59.1 Å². The Morgan fingerprint density at radius 3 is 2.81 bits per heavy atom. The van der Waals surface area contributed by atoms with Crippen LogP contribution in [0.1, 0.15) is 55.7 Å². The van der Waals surface area contributed by atoms with Gasteiger partial charge in [0.05, 0.1) is 18.7 Å². The lowest BCUT2D eigenvalue weighted by atomic mass is 10.00. The zero-order valence-corrected chi connectivity index (χ0v) is 20.7. The molecule has 0 saturated heterocycles. The van der Waals surface area contributed by atoms with E-state index in [9.17, 15) is 9.90 Å². The minimum Gasteiger partial charge on any atom is -0.491 e. The number of aliphatic hydroxyl groups is 1. The summed E-state index contributed by atoms with van der Waals surface area (Å²) in [5.41, 5.74) is 2.37. The van der Waals surface area contributed by atoms with Crippen molar-refractivity contribution < 1.29 is 14.6 Å². The summed E-state index contributed by atoms with van der Waals surface area (Å²) in [6.45, 7) is 11.3. The van der Waals surface area contributed by atoms with Crippen LogP contribution in [0.3, 0.4) is 0 Å². The van der Waals surface area contributed by atoms with E-state index in [1.165, 1.54) is 10.4 Å². The fourth-order valence-corrected chi connectivity index (χ4v) is 5.17. The number of carbonyl (C=O) groups excluding carboxylic acids is 1. The molecule has 1 amide bonds. The van der Waals surface area contributed by atoms with Gasteiger partial charge in [0.15, 0.2) is 0 Å². The molecular weight excluding hydrogens is 420 g/mol. The Kier molecular flexibility index (Phi) is 9.14. The van der Waals surface area contributed by atoms with Crippen LogP contribution >= 0.6 is 11.3 Å². The predicted octanol–water partition coefficient (Wildman–Crippen LogP) is 4.68. The maximum atomic E-state index is 13.5. The topological polar surface area (TPSA) is 53.0 Å². The molecule has 3 rings (SSSR count). The van der Waals surface area contributed by atoms with E-state index in [2.05, 4.69) is 43.2 Å². The number of thiophene rings is 1. The lowest BCUT2D eigenvalue weighted by molar-refractivity contribution is -0.136. The molecule has 3 unspecified atom stereocenters. The zero-order valence-electron chi connectivity index (χ0n) is 19.9. The Hall–Kier alpha value is -1.89. The number of hydrogen-bond donors (Lipinski definition) is 1. The van der Waals surface area contributed by atoms with Gasteiger partial charge in [0.1, 0.15) is 12.4 Å². The molecular formula is C26H38N2O3S. The van der Waals surface area contributed by atoms with Crippen molar-refractivity contribution >= 4 is 17.2 Å². The van der Waals surface area contributed by atoms with Crippen LogP contribution in [-0.2, 0) is 11.2 Å². The number of aryl methyl sites for hydroxylation is 1. The van der Waals surface area contributed by atoms with E-state index in [0.29, 0.717) is 38.6 Å². The molecule has 1 N–H and O–H groups in total. The highest BCUT2D eigenvalue weighted by Gasteiger charge is 2.33. The molecule has 0 aliphatic carbocycles. The van der Waals surface area contributed by atoms with Gasteiger partial charge in [-0.1, -0.05) is 39.3 Å². The molecule has 176 valence electrons. The number of ether oxygens (including phenoxy) is 1. The number of hydrogen-bond acceptors (Lipinski definition) is 5. The van der Waals surface area contributed by atoms with Crippen molar-refractivity contribution in [3.05, 3.63) is 51.7 Å². The minimum atomic E-state index is -0.405. The highest BCUT2D eigenvalue weighted by Crippen LogP contribution is 2.34. The largest absolute Gasteiger partial charge is 0.491 e. The second kappa shape index (κ2) is 11.8. The summed E-state index contributed by atoms with van der Waals surface area (Å²) in [5, 5.41) is 12.4. The molecule has 1 aromatic carbocycles. The van der Waals surface area contributed by atoms with Gasteiger partial charge in [0.2, 0.25) is 5.91 Å². The molecule has 1 aromatic heterocycles. The van der Waals surface area contributed by atoms with Crippen molar-refractivity contribution in [3.8, 4) is 5.75 Å². The predicted molar refractivity (Wildman–Crippen MR) is 131 cm³/mol. The molecule has 2 heterocycles. The van der Waals surface area contributed by atoms with Crippen molar-refractivity contribution in [2.75, 3.05) is 32.8 Å². The lowest BCUT2D eigenvalue weighted by Crippen LogP contribution is -2.48. The summed E-state index contributed by atoms with van der Waals surface area (Å²) in [6.07, 6.45) is 2.24. The van der Waals surface area contributed by atoms with Crippen molar-refractivity contribution in [1.82, 2.24) is 9.80 Å². The third-order valence-corrected chi connectivity index (χ3v) is 7.37. The average Bonchev–Trinajstić information content (AvgIpc) is 3.26. The van der Waals surface area contributed by atoms with Gasteiger partial charge in [0, 0.05) is 24.5 Å². The molecule has 0 radical (unpaired) electrons. The van der Waals surface area contributed by atoms with E-state index in [-0.39, 0.29) is 11.9 Å². The average molecular weight is 459 g/mol. The highest BCUT2D eigenvalue weighted by molar-refractivity contribution is 7.10. The molecule has 1 aliphatic rings. The Morgan fingerprint density at radius 2 is 2.09 bits per heavy atom. The summed E-state index contributed by atoms with van der Waals surface area (Å²) in [6, 6.07) is 10.1.